The van der Waals surface area contributed by atoms with Gasteiger partial charge in [0.25, 0.3) is 11.5 Å². The number of hydrogen-bond acceptors (Lipinski definition) is 4. The Morgan fingerprint density at radius 2 is 1.94 bits per heavy atom. The van der Waals surface area contributed by atoms with Crippen LogP contribution in [0.1, 0.15) is 35.2 Å². The van der Waals surface area contributed by atoms with E-state index in [-0.39, 0.29) is 18.2 Å². The number of nitrogens with one attached hydrogen (secondary N) is 2. The summed E-state index contributed by atoms with van der Waals surface area (Å²) in [6, 6.07) is 11.1. The topological polar surface area (TPSA) is 87.2 Å². The van der Waals surface area contributed by atoms with E-state index in [0.29, 0.717) is 16.5 Å². The van der Waals surface area contributed by atoms with Crippen molar-refractivity contribution >= 4 is 16.8 Å². The maximum absolute atomic E-state index is 14.5. The SMILES string of the molecule is O=C(N[C@@H]1CCN(CC2CC2)C1)c1cc(Cn2c(=O)[nH]c(=O)c3ccccc32)ccc1F. The van der Waals surface area contributed by atoms with Crippen LogP contribution in [0.4, 0.5) is 4.39 Å². The van der Waals surface area contributed by atoms with Crippen LogP contribution in [0.15, 0.2) is 52.1 Å². The fourth-order valence-electron chi connectivity index (χ4n) is 4.47. The molecule has 1 aromatic heterocycles. The van der Waals surface area contributed by atoms with E-state index in [0.717, 1.165) is 32.0 Å². The Labute approximate surface area is 183 Å². The number of carbonyl (C=O) groups is 1. The van der Waals surface area contributed by atoms with Gasteiger partial charge >= 0.3 is 5.69 Å². The van der Waals surface area contributed by atoms with Crippen LogP contribution in [0, 0.1) is 11.7 Å². The summed E-state index contributed by atoms with van der Waals surface area (Å²) in [5.74, 6) is -0.245. The first-order chi connectivity index (χ1) is 15.5. The van der Waals surface area contributed by atoms with Crippen molar-refractivity contribution in [3.8, 4) is 0 Å². The van der Waals surface area contributed by atoms with Gasteiger partial charge in [-0.2, -0.15) is 0 Å². The molecule has 3 aromatic rings. The van der Waals surface area contributed by atoms with Crippen molar-refractivity contribution in [2.24, 2.45) is 5.92 Å². The van der Waals surface area contributed by atoms with Crippen LogP contribution in [0.2, 0.25) is 0 Å². The summed E-state index contributed by atoms with van der Waals surface area (Å²) in [4.78, 5) is 42.0. The second-order valence-corrected chi connectivity index (χ2v) is 8.84. The van der Waals surface area contributed by atoms with Crippen molar-refractivity contribution in [1.29, 1.82) is 0 Å². The summed E-state index contributed by atoms with van der Waals surface area (Å²) in [6.45, 7) is 2.93. The van der Waals surface area contributed by atoms with Gasteiger partial charge < -0.3 is 10.2 Å². The molecule has 2 heterocycles. The van der Waals surface area contributed by atoms with E-state index in [2.05, 4.69) is 15.2 Å². The molecular formula is C24H25FN4O3. The fourth-order valence-corrected chi connectivity index (χ4v) is 4.47. The van der Waals surface area contributed by atoms with Gasteiger partial charge in [0.1, 0.15) is 5.82 Å². The van der Waals surface area contributed by atoms with Crippen LogP contribution in [0.5, 0.6) is 0 Å². The third-order valence-corrected chi connectivity index (χ3v) is 6.34. The highest BCUT2D eigenvalue weighted by Crippen LogP contribution is 2.30. The van der Waals surface area contributed by atoms with Gasteiger partial charge in [-0.15, -0.1) is 0 Å². The first-order valence-electron chi connectivity index (χ1n) is 11.0. The van der Waals surface area contributed by atoms with Crippen LogP contribution in [0.3, 0.4) is 0 Å². The summed E-state index contributed by atoms with van der Waals surface area (Å²) in [7, 11) is 0. The molecule has 2 aliphatic rings. The molecule has 1 atom stereocenters. The molecule has 1 saturated carbocycles. The fraction of sp³-hybridized carbons (Fsp3) is 0.375. The lowest BCUT2D eigenvalue weighted by Gasteiger charge is -2.17. The van der Waals surface area contributed by atoms with Crippen LogP contribution in [-0.4, -0.2) is 46.0 Å². The summed E-state index contributed by atoms with van der Waals surface area (Å²) in [5.41, 5.74) is 0.0416. The second-order valence-electron chi connectivity index (χ2n) is 8.84. The van der Waals surface area contributed by atoms with Crippen LogP contribution in [-0.2, 0) is 6.54 Å². The number of carbonyl (C=O) groups excluding carboxylic acids is 1. The average Bonchev–Trinajstić information content (AvgIpc) is 3.49. The number of nitrogens with zero attached hydrogens (tertiary/aromatic N) is 2. The number of rotatable bonds is 6. The first kappa shape index (κ1) is 20.6. The Morgan fingerprint density at radius 1 is 1.12 bits per heavy atom. The second kappa shape index (κ2) is 8.35. The quantitative estimate of drug-likeness (QED) is 0.620. The minimum atomic E-state index is -0.599. The lowest BCUT2D eigenvalue weighted by Crippen LogP contribution is -2.37. The molecule has 1 aliphatic carbocycles. The van der Waals surface area contributed by atoms with Crippen molar-refractivity contribution in [3.05, 3.63) is 80.2 Å². The number of halogens is 1. The lowest BCUT2D eigenvalue weighted by molar-refractivity contribution is 0.0933. The van der Waals surface area contributed by atoms with Crippen LogP contribution < -0.4 is 16.6 Å². The van der Waals surface area contributed by atoms with Gasteiger partial charge in [-0.25, -0.2) is 9.18 Å². The zero-order valence-electron chi connectivity index (χ0n) is 17.6. The van der Waals surface area contributed by atoms with E-state index in [9.17, 15) is 18.8 Å². The largest absolute Gasteiger partial charge is 0.348 e. The molecule has 2 fully saturated rings. The van der Waals surface area contributed by atoms with Gasteiger partial charge in [-0.05, 0) is 55.0 Å². The molecule has 0 radical (unpaired) electrons. The van der Waals surface area contributed by atoms with Gasteiger partial charge in [0.05, 0.1) is 23.0 Å². The van der Waals surface area contributed by atoms with E-state index in [1.165, 1.54) is 29.5 Å². The Balaban J connectivity index is 1.35. The number of aromatic amines is 1. The Morgan fingerprint density at radius 3 is 2.75 bits per heavy atom. The standard InChI is InChI=1S/C24H25FN4O3/c25-20-8-7-16(13-29-21-4-2-1-3-18(21)22(30)27-24(29)32)11-19(20)23(31)26-17-9-10-28(14-17)12-15-5-6-15/h1-4,7-8,11,15,17H,5-6,9-10,12-14H2,(H,26,31)(H,27,30,32)/t17-/m1/s1. The number of aromatic nitrogens is 2. The highest BCUT2D eigenvalue weighted by atomic mass is 19.1. The van der Waals surface area contributed by atoms with Gasteiger partial charge in [0.2, 0.25) is 0 Å². The molecule has 0 spiro atoms. The highest BCUT2D eigenvalue weighted by molar-refractivity contribution is 5.95. The maximum atomic E-state index is 14.5. The number of benzene rings is 2. The number of amides is 1. The van der Waals surface area contributed by atoms with Crippen molar-refractivity contribution in [2.75, 3.05) is 19.6 Å². The van der Waals surface area contributed by atoms with Crippen molar-refractivity contribution in [3.63, 3.8) is 0 Å². The summed E-state index contributed by atoms with van der Waals surface area (Å²) >= 11 is 0. The predicted octanol–water partition coefficient (Wildman–Crippen LogP) is 2.09. The molecule has 2 aromatic carbocycles. The summed E-state index contributed by atoms with van der Waals surface area (Å²) < 4.78 is 15.9. The smallest absolute Gasteiger partial charge is 0.329 e. The normalized spacial score (nSPS) is 18.8. The molecule has 32 heavy (non-hydrogen) atoms. The van der Waals surface area contributed by atoms with Crippen LogP contribution >= 0.6 is 0 Å². The molecule has 5 rings (SSSR count). The van der Waals surface area contributed by atoms with Crippen molar-refractivity contribution < 1.29 is 9.18 Å². The van der Waals surface area contributed by atoms with E-state index < -0.39 is 23.0 Å². The van der Waals surface area contributed by atoms with Gasteiger partial charge in [0, 0.05) is 25.7 Å². The maximum Gasteiger partial charge on any atom is 0.329 e. The van der Waals surface area contributed by atoms with Crippen molar-refractivity contribution in [2.45, 2.75) is 31.8 Å². The molecule has 2 N–H and O–H groups in total. The lowest BCUT2D eigenvalue weighted by atomic mass is 10.1. The average molecular weight is 436 g/mol. The Bertz CT molecular complexity index is 1290. The molecular weight excluding hydrogens is 411 g/mol. The zero-order chi connectivity index (χ0) is 22.2. The molecule has 7 nitrogen and oxygen atoms in total. The minimum absolute atomic E-state index is 0.00932. The zero-order valence-corrected chi connectivity index (χ0v) is 17.6. The summed E-state index contributed by atoms with van der Waals surface area (Å²) in [6.07, 6.45) is 3.44. The molecule has 1 aliphatic heterocycles. The number of fused-ring (bicyclic) bond motifs is 1. The number of likely N-dealkylation sites (tertiary alicyclic amines) is 1. The van der Waals surface area contributed by atoms with E-state index in [1.54, 1.807) is 30.3 Å². The molecule has 8 heteroatoms. The Kier molecular flexibility index (Phi) is 5.38. The van der Waals surface area contributed by atoms with Gasteiger partial charge in [0.15, 0.2) is 0 Å². The minimum Gasteiger partial charge on any atom is -0.348 e. The summed E-state index contributed by atoms with van der Waals surface area (Å²) in [5, 5.41) is 3.36. The molecule has 1 saturated heterocycles. The third kappa shape index (κ3) is 4.23. The monoisotopic (exact) mass is 436 g/mol. The van der Waals surface area contributed by atoms with E-state index in [4.69, 9.17) is 0 Å². The third-order valence-electron chi connectivity index (χ3n) is 6.34. The van der Waals surface area contributed by atoms with E-state index >= 15 is 0 Å². The van der Waals surface area contributed by atoms with Gasteiger partial charge in [-0.3, -0.25) is 19.1 Å². The molecule has 166 valence electrons. The number of para-hydroxylation sites is 1. The van der Waals surface area contributed by atoms with E-state index in [1.807, 2.05) is 0 Å². The van der Waals surface area contributed by atoms with Crippen molar-refractivity contribution in [1.82, 2.24) is 19.8 Å². The predicted molar refractivity (Wildman–Crippen MR) is 119 cm³/mol. The Hall–Kier alpha value is -3.26. The highest BCUT2D eigenvalue weighted by Gasteiger charge is 2.30. The number of H-pyrrole nitrogens is 1. The molecule has 0 unspecified atom stereocenters. The van der Waals surface area contributed by atoms with Gasteiger partial charge in [-0.1, -0.05) is 18.2 Å². The number of hydrogen-bond donors (Lipinski definition) is 2. The molecule has 1 amide bonds. The first-order valence-corrected chi connectivity index (χ1v) is 11.0. The van der Waals surface area contributed by atoms with Crippen LogP contribution in [0.25, 0.3) is 10.9 Å². The molecule has 0 bridgehead atoms.